The van der Waals surface area contributed by atoms with Crippen LogP contribution in [0.15, 0.2) is 24.5 Å². The summed E-state index contributed by atoms with van der Waals surface area (Å²) in [5.41, 5.74) is 6.98. The number of aryl methyl sites for hydroxylation is 1. The summed E-state index contributed by atoms with van der Waals surface area (Å²) in [7, 11) is 0. The summed E-state index contributed by atoms with van der Waals surface area (Å²) in [5.74, 6) is 0.736. The van der Waals surface area contributed by atoms with Crippen LogP contribution in [0.1, 0.15) is 24.4 Å². The van der Waals surface area contributed by atoms with Gasteiger partial charge in [-0.05, 0) is 19.1 Å². The fourth-order valence-electron chi connectivity index (χ4n) is 1.84. The highest BCUT2D eigenvalue weighted by molar-refractivity contribution is 6.30. The lowest BCUT2D eigenvalue weighted by molar-refractivity contribution is 0.175. The first kappa shape index (κ1) is 12.9. The van der Waals surface area contributed by atoms with Crippen molar-refractivity contribution in [2.75, 3.05) is 5.73 Å². The van der Waals surface area contributed by atoms with Gasteiger partial charge in [0.1, 0.15) is 12.2 Å². The molecule has 0 saturated heterocycles. The zero-order valence-electron chi connectivity index (χ0n) is 10.0. The molecule has 0 bridgehead atoms. The number of nitrogens with two attached hydrogens (primary N) is 1. The second kappa shape index (κ2) is 5.37. The molecule has 0 aliphatic rings. The molecule has 0 fully saturated rings. The van der Waals surface area contributed by atoms with E-state index in [0.717, 1.165) is 12.4 Å². The minimum atomic E-state index is -0.711. The van der Waals surface area contributed by atoms with Crippen molar-refractivity contribution >= 4 is 17.3 Å². The van der Waals surface area contributed by atoms with Gasteiger partial charge >= 0.3 is 0 Å². The molecule has 96 valence electrons. The lowest BCUT2D eigenvalue weighted by Gasteiger charge is -2.13. The number of nitrogen functional groups attached to an aromatic ring is 1. The van der Waals surface area contributed by atoms with E-state index in [1.807, 2.05) is 6.92 Å². The molecule has 18 heavy (non-hydrogen) atoms. The van der Waals surface area contributed by atoms with Crippen molar-refractivity contribution in [3.05, 3.63) is 40.9 Å². The Labute approximate surface area is 110 Å². The highest BCUT2D eigenvalue weighted by atomic mass is 35.5. The normalized spacial score (nSPS) is 12.6. The van der Waals surface area contributed by atoms with E-state index in [-0.39, 0.29) is 0 Å². The van der Waals surface area contributed by atoms with Crippen LogP contribution in [0.3, 0.4) is 0 Å². The molecule has 6 heteroatoms. The molecule has 1 aromatic heterocycles. The molecule has 0 aliphatic carbocycles. The molecule has 2 rings (SSSR count). The molecular formula is C12H15ClN4O. The van der Waals surface area contributed by atoms with E-state index in [0.29, 0.717) is 22.7 Å². The van der Waals surface area contributed by atoms with Gasteiger partial charge in [0.2, 0.25) is 0 Å². The van der Waals surface area contributed by atoms with E-state index < -0.39 is 6.10 Å². The van der Waals surface area contributed by atoms with Crippen molar-refractivity contribution in [2.24, 2.45) is 0 Å². The van der Waals surface area contributed by atoms with Crippen molar-refractivity contribution in [3.8, 4) is 0 Å². The van der Waals surface area contributed by atoms with Gasteiger partial charge in [0.15, 0.2) is 0 Å². The van der Waals surface area contributed by atoms with Gasteiger partial charge in [0.05, 0.1) is 6.10 Å². The molecule has 0 amide bonds. The summed E-state index contributed by atoms with van der Waals surface area (Å²) in [6.07, 6.45) is 1.15. The van der Waals surface area contributed by atoms with Gasteiger partial charge in [-0.3, -0.25) is 4.68 Å². The quantitative estimate of drug-likeness (QED) is 0.828. The lowest BCUT2D eigenvalue weighted by Crippen LogP contribution is -2.11. The van der Waals surface area contributed by atoms with Crippen LogP contribution < -0.4 is 5.73 Å². The fourth-order valence-corrected chi connectivity index (χ4v) is 2.02. The maximum absolute atomic E-state index is 10.2. The Hall–Kier alpha value is -1.59. The van der Waals surface area contributed by atoms with Crippen LogP contribution in [0.5, 0.6) is 0 Å². The van der Waals surface area contributed by atoms with Crippen LogP contribution in [0, 0.1) is 0 Å². The topological polar surface area (TPSA) is 77.0 Å². The van der Waals surface area contributed by atoms with Gasteiger partial charge in [0.25, 0.3) is 0 Å². The summed E-state index contributed by atoms with van der Waals surface area (Å²) in [5, 5.41) is 14.8. The largest absolute Gasteiger partial charge is 0.398 e. The second-order valence-electron chi connectivity index (χ2n) is 3.99. The molecule has 5 nitrogen and oxygen atoms in total. The summed E-state index contributed by atoms with van der Waals surface area (Å²) in [6, 6.07) is 5.07. The molecule has 1 unspecified atom stereocenters. The average molecular weight is 267 g/mol. The standard InChI is InChI=1S/C12H15ClN4O/c1-2-17-12(15-7-16-17)6-11(18)9-4-3-8(13)5-10(9)14/h3-5,7,11,18H,2,6,14H2,1H3. The van der Waals surface area contributed by atoms with Crippen molar-refractivity contribution < 1.29 is 5.11 Å². The first-order chi connectivity index (χ1) is 8.61. The Morgan fingerprint density at radius 3 is 2.94 bits per heavy atom. The van der Waals surface area contributed by atoms with E-state index in [1.165, 1.54) is 6.33 Å². The van der Waals surface area contributed by atoms with E-state index >= 15 is 0 Å². The molecule has 0 aliphatic heterocycles. The third-order valence-corrected chi connectivity index (χ3v) is 3.01. The number of benzene rings is 1. The van der Waals surface area contributed by atoms with Gasteiger partial charge < -0.3 is 10.8 Å². The first-order valence-corrected chi connectivity index (χ1v) is 6.09. The fraction of sp³-hybridized carbons (Fsp3) is 0.333. The number of halogens is 1. The molecule has 1 heterocycles. The molecule has 1 aromatic carbocycles. The number of hydrogen-bond donors (Lipinski definition) is 2. The van der Waals surface area contributed by atoms with E-state index in [2.05, 4.69) is 10.1 Å². The zero-order chi connectivity index (χ0) is 13.1. The van der Waals surface area contributed by atoms with Gasteiger partial charge in [-0.2, -0.15) is 5.10 Å². The van der Waals surface area contributed by atoms with E-state index in [1.54, 1.807) is 22.9 Å². The third kappa shape index (κ3) is 2.63. The Bertz CT molecular complexity index is 541. The van der Waals surface area contributed by atoms with Gasteiger partial charge in [-0.25, -0.2) is 4.98 Å². The summed E-state index contributed by atoms with van der Waals surface area (Å²) < 4.78 is 1.75. The Morgan fingerprint density at radius 1 is 1.50 bits per heavy atom. The van der Waals surface area contributed by atoms with E-state index in [9.17, 15) is 5.11 Å². The predicted octanol–water partition coefficient (Wildman–Crippen LogP) is 1.81. The van der Waals surface area contributed by atoms with Crippen molar-refractivity contribution in [3.63, 3.8) is 0 Å². The number of anilines is 1. The second-order valence-corrected chi connectivity index (χ2v) is 4.42. The molecule has 0 spiro atoms. The molecule has 1 atom stereocenters. The molecule has 2 aromatic rings. The van der Waals surface area contributed by atoms with Crippen LogP contribution in [-0.2, 0) is 13.0 Å². The molecule has 3 N–H and O–H groups in total. The highest BCUT2D eigenvalue weighted by Gasteiger charge is 2.15. The molecule has 0 radical (unpaired) electrons. The van der Waals surface area contributed by atoms with Crippen molar-refractivity contribution in [1.29, 1.82) is 0 Å². The SMILES string of the molecule is CCn1ncnc1CC(O)c1ccc(Cl)cc1N. The number of aliphatic hydroxyl groups excluding tert-OH is 1. The van der Waals surface area contributed by atoms with Crippen LogP contribution in [-0.4, -0.2) is 19.9 Å². The molecule has 0 saturated carbocycles. The third-order valence-electron chi connectivity index (χ3n) is 2.78. The Morgan fingerprint density at radius 2 is 2.28 bits per heavy atom. The van der Waals surface area contributed by atoms with Gasteiger partial charge in [-0.15, -0.1) is 0 Å². The number of nitrogens with zero attached hydrogens (tertiary/aromatic N) is 3. The van der Waals surface area contributed by atoms with Crippen LogP contribution >= 0.6 is 11.6 Å². The van der Waals surface area contributed by atoms with Crippen LogP contribution in [0.4, 0.5) is 5.69 Å². The van der Waals surface area contributed by atoms with Gasteiger partial charge in [-0.1, -0.05) is 17.7 Å². The molecular weight excluding hydrogens is 252 g/mol. The number of rotatable bonds is 4. The zero-order valence-corrected chi connectivity index (χ0v) is 10.8. The Kier molecular flexibility index (Phi) is 3.84. The number of aromatic nitrogens is 3. The minimum absolute atomic E-state index is 0.375. The van der Waals surface area contributed by atoms with Crippen LogP contribution in [0.2, 0.25) is 5.02 Å². The average Bonchev–Trinajstić information content (AvgIpc) is 2.76. The Balaban J connectivity index is 2.19. The van der Waals surface area contributed by atoms with E-state index in [4.69, 9.17) is 17.3 Å². The number of aliphatic hydroxyl groups is 1. The smallest absolute Gasteiger partial charge is 0.138 e. The van der Waals surface area contributed by atoms with Crippen molar-refractivity contribution in [1.82, 2.24) is 14.8 Å². The van der Waals surface area contributed by atoms with Crippen LogP contribution in [0.25, 0.3) is 0 Å². The minimum Gasteiger partial charge on any atom is -0.398 e. The first-order valence-electron chi connectivity index (χ1n) is 5.71. The number of hydrogen-bond acceptors (Lipinski definition) is 4. The lowest BCUT2D eigenvalue weighted by atomic mass is 10.0. The monoisotopic (exact) mass is 266 g/mol. The summed E-state index contributed by atoms with van der Waals surface area (Å²) in [4.78, 5) is 4.12. The summed E-state index contributed by atoms with van der Waals surface area (Å²) >= 11 is 5.82. The van der Waals surface area contributed by atoms with Gasteiger partial charge in [0, 0.05) is 29.2 Å². The maximum atomic E-state index is 10.2. The summed E-state index contributed by atoms with van der Waals surface area (Å²) in [6.45, 7) is 2.69. The van der Waals surface area contributed by atoms with Crippen molar-refractivity contribution in [2.45, 2.75) is 26.0 Å². The predicted molar refractivity (Wildman–Crippen MR) is 70.2 cm³/mol. The maximum Gasteiger partial charge on any atom is 0.138 e. The highest BCUT2D eigenvalue weighted by Crippen LogP contribution is 2.25.